The molecule has 1 aliphatic heterocycles. The Kier molecular flexibility index (Phi) is 4.43. The number of carbonyl (C=O) groups excluding carboxylic acids is 1. The molecule has 2 N–H and O–H groups in total. The summed E-state index contributed by atoms with van der Waals surface area (Å²) in [5.41, 5.74) is 7.99. The maximum atomic E-state index is 12.5. The number of nitrogen functional groups attached to an aromatic ring is 1. The molecule has 1 atom stereocenters. The highest BCUT2D eigenvalue weighted by Gasteiger charge is 2.21. The van der Waals surface area contributed by atoms with E-state index in [1.165, 1.54) is 6.42 Å². The van der Waals surface area contributed by atoms with Crippen LogP contribution in [0.1, 0.15) is 35.2 Å². The molecule has 0 bridgehead atoms. The van der Waals surface area contributed by atoms with Crippen LogP contribution >= 0.6 is 0 Å². The van der Waals surface area contributed by atoms with Crippen LogP contribution in [-0.4, -0.2) is 37.1 Å². The number of nitrogens with two attached hydrogens (primary N) is 1. The van der Waals surface area contributed by atoms with Gasteiger partial charge in [0.1, 0.15) is 0 Å². The molecule has 1 aliphatic rings. The lowest BCUT2D eigenvalue weighted by Gasteiger charge is -2.28. The van der Waals surface area contributed by atoms with E-state index in [0.29, 0.717) is 17.8 Å². The number of amides is 1. The van der Waals surface area contributed by atoms with Crippen LogP contribution in [0.5, 0.6) is 0 Å². The second-order valence-corrected chi connectivity index (χ2v) is 5.21. The van der Waals surface area contributed by atoms with Gasteiger partial charge in [-0.1, -0.05) is 12.1 Å². The van der Waals surface area contributed by atoms with Gasteiger partial charge in [0.25, 0.3) is 5.91 Å². The topological polar surface area (TPSA) is 55.6 Å². The van der Waals surface area contributed by atoms with E-state index in [1.807, 2.05) is 26.1 Å². The second-order valence-electron chi connectivity index (χ2n) is 5.21. The van der Waals surface area contributed by atoms with Gasteiger partial charge >= 0.3 is 0 Å². The Labute approximate surface area is 114 Å². The Morgan fingerprint density at radius 3 is 2.89 bits per heavy atom. The van der Waals surface area contributed by atoms with Gasteiger partial charge in [-0.2, -0.15) is 0 Å². The highest BCUT2D eigenvalue weighted by Crippen LogP contribution is 2.19. The molecule has 1 amide bonds. The maximum absolute atomic E-state index is 12.5. The summed E-state index contributed by atoms with van der Waals surface area (Å²) >= 11 is 0. The Balaban J connectivity index is 2.06. The summed E-state index contributed by atoms with van der Waals surface area (Å²) in [5, 5.41) is 0. The largest absolute Gasteiger partial charge is 0.398 e. The van der Waals surface area contributed by atoms with Gasteiger partial charge in [-0.25, -0.2) is 0 Å². The lowest BCUT2D eigenvalue weighted by molar-refractivity contribution is -0.000184. The molecular weight excluding hydrogens is 240 g/mol. The molecule has 0 radical (unpaired) electrons. The zero-order chi connectivity index (χ0) is 13.8. The van der Waals surface area contributed by atoms with Crippen molar-refractivity contribution in [1.82, 2.24) is 4.90 Å². The molecule has 0 aliphatic carbocycles. The molecule has 1 aromatic rings. The van der Waals surface area contributed by atoms with Crippen LogP contribution in [0.15, 0.2) is 18.2 Å². The SMILES string of the molecule is Cc1cccc(N)c1C(=O)N(C)CC1CCCCO1. The van der Waals surface area contributed by atoms with Crippen LogP contribution in [0.3, 0.4) is 0 Å². The molecule has 1 fully saturated rings. The molecule has 0 spiro atoms. The lowest BCUT2D eigenvalue weighted by Crippen LogP contribution is -2.37. The summed E-state index contributed by atoms with van der Waals surface area (Å²) in [6.45, 7) is 3.35. The van der Waals surface area contributed by atoms with Crippen LogP contribution in [0.25, 0.3) is 0 Å². The van der Waals surface area contributed by atoms with Crippen molar-refractivity contribution in [3.05, 3.63) is 29.3 Å². The van der Waals surface area contributed by atoms with Gasteiger partial charge < -0.3 is 15.4 Å². The van der Waals surface area contributed by atoms with Gasteiger partial charge in [0.2, 0.25) is 0 Å². The molecule has 2 rings (SSSR count). The van der Waals surface area contributed by atoms with E-state index in [9.17, 15) is 4.79 Å². The minimum Gasteiger partial charge on any atom is -0.398 e. The van der Waals surface area contributed by atoms with Crippen LogP contribution in [0.4, 0.5) is 5.69 Å². The summed E-state index contributed by atoms with van der Waals surface area (Å²) in [7, 11) is 1.81. The molecule has 1 saturated heterocycles. The average Bonchev–Trinajstić information content (AvgIpc) is 2.39. The number of benzene rings is 1. The van der Waals surface area contributed by atoms with Crippen molar-refractivity contribution in [3.8, 4) is 0 Å². The first kappa shape index (κ1) is 13.9. The predicted octanol–water partition coefficient (Wildman–Crippen LogP) is 2.22. The number of ether oxygens (including phenoxy) is 1. The molecular formula is C15H22N2O2. The fourth-order valence-corrected chi connectivity index (χ4v) is 2.51. The number of likely N-dealkylation sites (N-methyl/N-ethyl adjacent to an activating group) is 1. The van der Waals surface area contributed by atoms with Gasteiger partial charge in [0.05, 0.1) is 11.7 Å². The predicted molar refractivity (Wildman–Crippen MR) is 76.1 cm³/mol. The monoisotopic (exact) mass is 262 g/mol. The molecule has 19 heavy (non-hydrogen) atoms. The molecule has 4 heteroatoms. The van der Waals surface area contributed by atoms with Crippen molar-refractivity contribution in [2.45, 2.75) is 32.3 Å². The number of carbonyl (C=O) groups is 1. The minimum absolute atomic E-state index is 0.0234. The van der Waals surface area contributed by atoms with Crippen molar-refractivity contribution < 1.29 is 9.53 Å². The average molecular weight is 262 g/mol. The van der Waals surface area contributed by atoms with Gasteiger partial charge in [-0.05, 0) is 37.8 Å². The van der Waals surface area contributed by atoms with Crippen molar-refractivity contribution in [2.24, 2.45) is 0 Å². The van der Waals surface area contributed by atoms with E-state index >= 15 is 0 Å². The number of anilines is 1. The van der Waals surface area contributed by atoms with Crippen LogP contribution < -0.4 is 5.73 Å². The summed E-state index contributed by atoms with van der Waals surface area (Å²) in [6.07, 6.45) is 3.49. The van der Waals surface area contributed by atoms with Crippen LogP contribution in [-0.2, 0) is 4.74 Å². The van der Waals surface area contributed by atoms with Crippen molar-refractivity contribution in [1.29, 1.82) is 0 Å². The third kappa shape index (κ3) is 3.26. The third-order valence-electron chi connectivity index (χ3n) is 3.62. The van der Waals surface area contributed by atoms with E-state index in [-0.39, 0.29) is 12.0 Å². The van der Waals surface area contributed by atoms with Gasteiger partial charge in [0.15, 0.2) is 0 Å². The van der Waals surface area contributed by atoms with Crippen LogP contribution in [0.2, 0.25) is 0 Å². The second kappa shape index (κ2) is 6.06. The molecule has 4 nitrogen and oxygen atoms in total. The number of hydrogen-bond donors (Lipinski definition) is 1. The number of aryl methyl sites for hydroxylation is 1. The Morgan fingerprint density at radius 2 is 2.26 bits per heavy atom. The van der Waals surface area contributed by atoms with Gasteiger partial charge in [-0.3, -0.25) is 4.79 Å². The zero-order valence-corrected chi connectivity index (χ0v) is 11.7. The molecule has 0 aromatic heterocycles. The molecule has 1 unspecified atom stereocenters. The normalized spacial score (nSPS) is 19.2. The first-order valence-corrected chi connectivity index (χ1v) is 6.81. The van der Waals surface area contributed by atoms with E-state index < -0.39 is 0 Å². The first-order valence-electron chi connectivity index (χ1n) is 6.81. The van der Waals surface area contributed by atoms with E-state index in [4.69, 9.17) is 10.5 Å². The summed E-state index contributed by atoms with van der Waals surface area (Å²) < 4.78 is 5.67. The molecule has 1 heterocycles. The number of rotatable bonds is 3. The number of hydrogen-bond acceptors (Lipinski definition) is 3. The summed E-state index contributed by atoms with van der Waals surface area (Å²) in [5.74, 6) is -0.0234. The quantitative estimate of drug-likeness (QED) is 0.850. The maximum Gasteiger partial charge on any atom is 0.256 e. The lowest BCUT2D eigenvalue weighted by atomic mass is 10.0. The smallest absolute Gasteiger partial charge is 0.256 e. The summed E-state index contributed by atoms with van der Waals surface area (Å²) in [4.78, 5) is 14.2. The van der Waals surface area contributed by atoms with Crippen molar-refractivity contribution >= 4 is 11.6 Å². The summed E-state index contributed by atoms with van der Waals surface area (Å²) in [6, 6.07) is 5.55. The van der Waals surface area contributed by atoms with Crippen LogP contribution in [0, 0.1) is 6.92 Å². The minimum atomic E-state index is -0.0234. The van der Waals surface area contributed by atoms with E-state index in [1.54, 1.807) is 11.0 Å². The molecule has 1 aromatic carbocycles. The molecule has 0 saturated carbocycles. The van der Waals surface area contributed by atoms with Crippen molar-refractivity contribution in [3.63, 3.8) is 0 Å². The Morgan fingerprint density at radius 1 is 1.47 bits per heavy atom. The van der Waals surface area contributed by atoms with Gasteiger partial charge in [-0.15, -0.1) is 0 Å². The third-order valence-corrected chi connectivity index (χ3v) is 3.62. The zero-order valence-electron chi connectivity index (χ0n) is 11.7. The Bertz CT molecular complexity index is 433. The van der Waals surface area contributed by atoms with Gasteiger partial charge in [0, 0.05) is 25.9 Å². The fourth-order valence-electron chi connectivity index (χ4n) is 2.51. The van der Waals surface area contributed by atoms with E-state index in [0.717, 1.165) is 25.0 Å². The Hall–Kier alpha value is -1.55. The van der Waals surface area contributed by atoms with Crippen molar-refractivity contribution in [2.75, 3.05) is 25.9 Å². The fraction of sp³-hybridized carbons (Fsp3) is 0.533. The first-order chi connectivity index (χ1) is 9.09. The highest BCUT2D eigenvalue weighted by molar-refractivity contribution is 6.00. The highest BCUT2D eigenvalue weighted by atomic mass is 16.5. The molecule has 104 valence electrons. The van der Waals surface area contributed by atoms with E-state index in [2.05, 4.69) is 0 Å². The standard InChI is InChI=1S/C15H22N2O2/c1-11-6-5-8-13(16)14(11)15(18)17(2)10-12-7-3-4-9-19-12/h5-6,8,12H,3-4,7,9-10,16H2,1-2H3. The number of nitrogens with zero attached hydrogens (tertiary/aromatic N) is 1.